The van der Waals surface area contributed by atoms with E-state index in [-0.39, 0.29) is 0 Å². The van der Waals surface area contributed by atoms with E-state index in [4.69, 9.17) is 0 Å². The van der Waals surface area contributed by atoms with Crippen LogP contribution in [0.1, 0.15) is 5.56 Å². The molecule has 3 heteroatoms. The minimum atomic E-state index is 0.403. The molecule has 0 amide bonds. The van der Waals surface area contributed by atoms with Gasteiger partial charge >= 0.3 is 0 Å². The average molecular weight is 141 g/mol. The van der Waals surface area contributed by atoms with Crippen molar-refractivity contribution in [1.82, 2.24) is 0 Å². The normalized spacial score (nSPS) is 9.00. The first-order chi connectivity index (χ1) is 4.34. The lowest BCUT2D eigenvalue weighted by atomic mass is 10.4. The summed E-state index contributed by atoms with van der Waals surface area (Å²) in [7, 11) is 0. The van der Waals surface area contributed by atoms with Crippen LogP contribution in [0.5, 0.6) is 5.06 Å². The Labute approximate surface area is 57.1 Å². The van der Waals surface area contributed by atoms with Crippen LogP contribution in [-0.2, 0) is 4.79 Å². The van der Waals surface area contributed by atoms with Gasteiger partial charge in [-0.15, -0.1) is 11.3 Å². The van der Waals surface area contributed by atoms with Crippen molar-refractivity contribution in [2.45, 2.75) is 0 Å². The molecular formula is C6H5O2S. The number of hydrogen-bond acceptors (Lipinski definition) is 3. The highest BCUT2D eigenvalue weighted by Crippen LogP contribution is 2.23. The third kappa shape index (κ3) is 1.29. The predicted molar refractivity (Wildman–Crippen MR) is 35.5 cm³/mol. The molecule has 0 saturated heterocycles. The zero-order valence-corrected chi connectivity index (χ0v) is 5.48. The summed E-state index contributed by atoms with van der Waals surface area (Å²) in [6.07, 6.45) is 0. The second-order valence-electron chi connectivity index (χ2n) is 1.45. The fourth-order valence-corrected chi connectivity index (χ4v) is 1.14. The van der Waals surface area contributed by atoms with Gasteiger partial charge in [0.15, 0.2) is 5.06 Å². The van der Waals surface area contributed by atoms with E-state index in [1.165, 1.54) is 11.3 Å². The summed E-state index contributed by atoms with van der Waals surface area (Å²) >= 11 is 1.36. The maximum atomic E-state index is 9.78. The van der Waals surface area contributed by atoms with Crippen molar-refractivity contribution in [2.24, 2.45) is 0 Å². The third-order valence-electron chi connectivity index (χ3n) is 0.862. The monoisotopic (exact) mass is 141 g/mol. The molecule has 0 aliphatic rings. The second kappa shape index (κ2) is 2.64. The Kier molecular flexibility index (Phi) is 1.85. The summed E-state index contributed by atoms with van der Waals surface area (Å²) in [5.74, 6) is 0. The first-order valence-corrected chi connectivity index (χ1v) is 3.22. The Morgan fingerprint density at radius 3 is 3.00 bits per heavy atom. The quantitative estimate of drug-likeness (QED) is 0.583. The summed E-state index contributed by atoms with van der Waals surface area (Å²) in [6, 6.07) is 1.80. The van der Waals surface area contributed by atoms with Crippen LogP contribution in [0.4, 0.5) is 0 Å². The lowest BCUT2D eigenvalue weighted by Crippen LogP contribution is -1.85. The first kappa shape index (κ1) is 6.29. The van der Waals surface area contributed by atoms with Gasteiger partial charge in [0.25, 0.3) is 6.47 Å². The van der Waals surface area contributed by atoms with Crippen LogP contribution >= 0.6 is 11.3 Å². The number of hydrogen-bond donors (Lipinski definition) is 0. The Morgan fingerprint density at radius 1 is 1.78 bits per heavy atom. The van der Waals surface area contributed by atoms with Crippen molar-refractivity contribution < 1.29 is 9.53 Å². The molecule has 0 N–H and O–H groups in total. The zero-order valence-electron chi connectivity index (χ0n) is 4.66. The summed E-state index contributed by atoms with van der Waals surface area (Å²) in [5.41, 5.74) is 0.757. The van der Waals surface area contributed by atoms with Crippen molar-refractivity contribution in [2.75, 3.05) is 0 Å². The van der Waals surface area contributed by atoms with Gasteiger partial charge in [-0.05, 0) is 18.4 Å². The van der Waals surface area contributed by atoms with Gasteiger partial charge in [-0.2, -0.15) is 0 Å². The second-order valence-corrected chi connectivity index (χ2v) is 2.33. The van der Waals surface area contributed by atoms with Crippen LogP contribution < -0.4 is 4.74 Å². The SMILES string of the molecule is [CH2]c1ccsc1OC=O. The van der Waals surface area contributed by atoms with E-state index in [2.05, 4.69) is 11.7 Å². The molecular weight excluding hydrogens is 136 g/mol. The Bertz CT molecular complexity index is 205. The van der Waals surface area contributed by atoms with Crippen LogP contribution in [0.3, 0.4) is 0 Å². The average Bonchev–Trinajstić information content (AvgIpc) is 2.18. The zero-order chi connectivity index (χ0) is 6.69. The molecule has 1 heterocycles. The standard InChI is InChI=1S/C6H5O2S/c1-5-2-3-9-6(5)8-4-7/h2-4H,1H2. The molecule has 9 heavy (non-hydrogen) atoms. The van der Waals surface area contributed by atoms with Crippen molar-refractivity contribution >= 4 is 17.8 Å². The molecule has 0 spiro atoms. The van der Waals surface area contributed by atoms with Crippen molar-refractivity contribution in [3.63, 3.8) is 0 Å². The number of carbonyl (C=O) groups excluding carboxylic acids is 1. The molecule has 0 aliphatic carbocycles. The molecule has 0 unspecified atom stereocenters. The molecule has 1 aromatic rings. The Hall–Kier alpha value is -0.830. The fourth-order valence-electron chi connectivity index (χ4n) is 0.469. The van der Waals surface area contributed by atoms with Crippen LogP contribution in [0.2, 0.25) is 0 Å². The van der Waals surface area contributed by atoms with E-state index in [1.54, 1.807) is 6.07 Å². The third-order valence-corrected chi connectivity index (χ3v) is 1.71. The highest BCUT2D eigenvalue weighted by Gasteiger charge is 1.97. The summed E-state index contributed by atoms with van der Waals surface area (Å²) < 4.78 is 4.55. The molecule has 1 radical (unpaired) electrons. The van der Waals surface area contributed by atoms with Crippen molar-refractivity contribution in [3.8, 4) is 5.06 Å². The maximum Gasteiger partial charge on any atom is 0.299 e. The lowest BCUT2D eigenvalue weighted by Gasteiger charge is -1.90. The van der Waals surface area contributed by atoms with E-state index in [9.17, 15) is 4.79 Å². The van der Waals surface area contributed by atoms with Crippen LogP contribution in [0.25, 0.3) is 0 Å². The molecule has 0 saturated carbocycles. The van der Waals surface area contributed by atoms with Crippen molar-refractivity contribution in [3.05, 3.63) is 23.9 Å². The van der Waals surface area contributed by atoms with Gasteiger partial charge < -0.3 is 4.74 Å². The van der Waals surface area contributed by atoms with Gasteiger partial charge in [0, 0.05) is 5.56 Å². The van der Waals surface area contributed by atoms with Gasteiger partial charge in [0.1, 0.15) is 0 Å². The highest BCUT2D eigenvalue weighted by atomic mass is 32.1. The Balaban J connectivity index is 2.80. The lowest BCUT2D eigenvalue weighted by molar-refractivity contribution is -0.120. The molecule has 47 valence electrons. The number of rotatable bonds is 2. The molecule has 1 aromatic heterocycles. The Morgan fingerprint density at radius 2 is 2.56 bits per heavy atom. The van der Waals surface area contributed by atoms with Crippen LogP contribution in [0.15, 0.2) is 11.4 Å². The molecule has 2 nitrogen and oxygen atoms in total. The summed E-state index contributed by atoms with van der Waals surface area (Å²) in [5, 5.41) is 2.39. The van der Waals surface area contributed by atoms with Crippen LogP contribution in [-0.4, -0.2) is 6.47 Å². The molecule has 0 aliphatic heterocycles. The molecule has 1 rings (SSSR count). The van der Waals surface area contributed by atoms with Gasteiger partial charge in [-0.25, -0.2) is 0 Å². The van der Waals surface area contributed by atoms with Gasteiger partial charge in [-0.1, -0.05) is 0 Å². The minimum absolute atomic E-state index is 0.403. The van der Waals surface area contributed by atoms with Gasteiger partial charge in [-0.3, -0.25) is 4.79 Å². The van der Waals surface area contributed by atoms with Crippen LogP contribution in [0, 0.1) is 6.92 Å². The minimum Gasteiger partial charge on any atom is -0.417 e. The van der Waals surface area contributed by atoms with E-state index >= 15 is 0 Å². The maximum absolute atomic E-state index is 9.78. The smallest absolute Gasteiger partial charge is 0.299 e. The fraction of sp³-hybridized carbons (Fsp3) is 0. The number of carbonyl (C=O) groups is 1. The van der Waals surface area contributed by atoms with E-state index in [0.29, 0.717) is 11.5 Å². The summed E-state index contributed by atoms with van der Waals surface area (Å²) in [6.45, 7) is 4.03. The predicted octanol–water partition coefficient (Wildman–Crippen LogP) is 1.47. The van der Waals surface area contributed by atoms with E-state index in [0.717, 1.165) is 5.56 Å². The summed E-state index contributed by atoms with van der Waals surface area (Å²) in [4.78, 5) is 9.78. The first-order valence-electron chi connectivity index (χ1n) is 2.34. The van der Waals surface area contributed by atoms with Gasteiger partial charge in [0.2, 0.25) is 0 Å². The molecule has 0 bridgehead atoms. The van der Waals surface area contributed by atoms with Crippen molar-refractivity contribution in [1.29, 1.82) is 0 Å². The highest BCUT2D eigenvalue weighted by molar-refractivity contribution is 7.12. The van der Waals surface area contributed by atoms with E-state index < -0.39 is 0 Å². The van der Waals surface area contributed by atoms with Gasteiger partial charge in [0.05, 0.1) is 0 Å². The topological polar surface area (TPSA) is 26.3 Å². The molecule has 0 atom stereocenters. The molecule has 0 aromatic carbocycles. The largest absolute Gasteiger partial charge is 0.417 e. The van der Waals surface area contributed by atoms with E-state index in [1.807, 2.05) is 5.38 Å². The number of thiophene rings is 1. The molecule has 0 fully saturated rings. The number of ether oxygens (including phenoxy) is 1.